The molecule has 0 aliphatic carbocycles. The summed E-state index contributed by atoms with van der Waals surface area (Å²) in [5, 5.41) is 11.7. The van der Waals surface area contributed by atoms with E-state index in [-0.39, 0.29) is 42.7 Å². The van der Waals surface area contributed by atoms with Crippen LogP contribution in [0.25, 0.3) is 0 Å². The molecule has 2 unspecified atom stereocenters. The number of aliphatic carboxylic acids is 1. The standard InChI is InChI=1S/C57H107NO7/c1-6-8-10-12-14-16-18-20-22-24-26-27-28-29-30-32-33-35-37-39-41-43-45-47-55(59)64-52-53(51-63-50-49-54(57(61)62)58(3,4)5)65-56(60)48-46-44-42-40-38-36-34-31-25-23-21-19-17-15-13-11-9-7-2/h29-31,34,53-54H,6-28,32-33,35-52H2,1-5H3/b30-29+,34-31+. The highest BCUT2D eigenvalue weighted by Gasteiger charge is 2.25. The Kier molecular flexibility index (Phi) is 46.6. The molecule has 8 heteroatoms. The number of hydrogen-bond donors (Lipinski definition) is 0. The van der Waals surface area contributed by atoms with Gasteiger partial charge >= 0.3 is 11.9 Å². The van der Waals surface area contributed by atoms with Crippen LogP contribution in [-0.2, 0) is 28.6 Å². The Morgan fingerprint density at radius 2 is 0.769 bits per heavy atom. The first-order valence-corrected chi connectivity index (χ1v) is 27.9. The number of quaternary nitrogens is 1. The van der Waals surface area contributed by atoms with Crippen LogP contribution in [0.3, 0.4) is 0 Å². The molecule has 0 aromatic heterocycles. The van der Waals surface area contributed by atoms with Crippen molar-refractivity contribution < 1.29 is 38.2 Å². The molecule has 0 aromatic rings. The average Bonchev–Trinajstić information content (AvgIpc) is 3.27. The highest BCUT2D eigenvalue weighted by Crippen LogP contribution is 2.16. The van der Waals surface area contributed by atoms with E-state index < -0.39 is 18.1 Å². The highest BCUT2D eigenvalue weighted by molar-refractivity contribution is 5.70. The maximum atomic E-state index is 12.8. The van der Waals surface area contributed by atoms with Crippen LogP contribution in [0.4, 0.5) is 0 Å². The third-order valence-electron chi connectivity index (χ3n) is 12.8. The van der Waals surface area contributed by atoms with Crippen molar-refractivity contribution in [2.24, 2.45) is 0 Å². The SMILES string of the molecule is CCCCCCCCCCC/C=C/CCCCCCCC(=O)OC(COCCC(C(=O)[O-])[N+](C)(C)C)COC(=O)CCCCCCCCC/C=C/CCCCCCCCCCCCCC. The van der Waals surface area contributed by atoms with Gasteiger partial charge in [-0.2, -0.15) is 0 Å². The first-order valence-electron chi connectivity index (χ1n) is 27.9. The van der Waals surface area contributed by atoms with Gasteiger partial charge < -0.3 is 28.6 Å². The molecule has 0 rings (SSSR count). The summed E-state index contributed by atoms with van der Waals surface area (Å²) in [6.07, 6.45) is 56.5. The fourth-order valence-corrected chi connectivity index (χ4v) is 8.47. The number of carbonyl (C=O) groups is 3. The lowest BCUT2D eigenvalue weighted by Gasteiger charge is -2.34. The normalized spacial score (nSPS) is 12.9. The smallest absolute Gasteiger partial charge is 0.306 e. The number of unbranched alkanes of at least 4 members (excludes halogenated alkanes) is 33. The lowest BCUT2D eigenvalue weighted by atomic mass is 10.0. The number of esters is 2. The number of allylic oxidation sites excluding steroid dienone is 4. The first kappa shape index (κ1) is 62.8. The van der Waals surface area contributed by atoms with E-state index in [0.29, 0.717) is 12.8 Å². The van der Waals surface area contributed by atoms with Gasteiger partial charge in [0.15, 0.2) is 6.10 Å². The molecule has 0 spiro atoms. The van der Waals surface area contributed by atoms with E-state index in [2.05, 4.69) is 38.2 Å². The van der Waals surface area contributed by atoms with Crippen molar-refractivity contribution in [1.82, 2.24) is 0 Å². The fourth-order valence-electron chi connectivity index (χ4n) is 8.47. The van der Waals surface area contributed by atoms with Crippen molar-refractivity contribution >= 4 is 17.9 Å². The summed E-state index contributed by atoms with van der Waals surface area (Å²) in [6.45, 7) is 4.70. The number of carboxylic acid groups (broad SMARTS) is 1. The van der Waals surface area contributed by atoms with Gasteiger partial charge in [0.2, 0.25) is 0 Å². The van der Waals surface area contributed by atoms with E-state index in [1.807, 2.05) is 21.1 Å². The molecule has 0 saturated carbocycles. The van der Waals surface area contributed by atoms with Crippen LogP contribution < -0.4 is 5.11 Å². The largest absolute Gasteiger partial charge is 0.544 e. The molecule has 0 amide bonds. The molecule has 0 heterocycles. The lowest BCUT2D eigenvalue weighted by molar-refractivity contribution is -0.889. The molecule has 0 radical (unpaired) electrons. The molecule has 2 atom stereocenters. The third-order valence-corrected chi connectivity index (χ3v) is 12.8. The summed E-state index contributed by atoms with van der Waals surface area (Å²) in [7, 11) is 5.42. The summed E-state index contributed by atoms with van der Waals surface area (Å²) in [5.74, 6) is -1.73. The molecule has 0 aliphatic heterocycles. The fraction of sp³-hybridized carbons (Fsp3) is 0.877. The molecular weight excluding hydrogens is 811 g/mol. The molecule has 65 heavy (non-hydrogen) atoms. The second-order valence-corrected chi connectivity index (χ2v) is 20.2. The predicted octanol–water partition coefficient (Wildman–Crippen LogP) is 15.0. The Labute approximate surface area is 402 Å². The van der Waals surface area contributed by atoms with Crippen molar-refractivity contribution in [2.75, 3.05) is 41.0 Å². The first-order chi connectivity index (χ1) is 31.6. The molecule has 0 saturated heterocycles. The minimum atomic E-state index is -1.12. The Hall–Kier alpha value is -2.19. The van der Waals surface area contributed by atoms with E-state index in [1.54, 1.807) is 0 Å². The second-order valence-electron chi connectivity index (χ2n) is 20.2. The Bertz CT molecular complexity index is 1120. The van der Waals surface area contributed by atoms with Crippen LogP contribution >= 0.6 is 0 Å². The third kappa shape index (κ3) is 46.7. The van der Waals surface area contributed by atoms with Crippen LogP contribution in [-0.4, -0.2) is 75.5 Å². The number of rotatable bonds is 51. The van der Waals surface area contributed by atoms with Crippen molar-refractivity contribution in [3.05, 3.63) is 24.3 Å². The number of likely N-dealkylation sites (N-methyl/N-ethyl adjacent to an activating group) is 1. The number of nitrogens with zero attached hydrogens (tertiary/aromatic N) is 1. The minimum Gasteiger partial charge on any atom is -0.544 e. The number of ether oxygens (including phenoxy) is 3. The van der Waals surface area contributed by atoms with Crippen LogP contribution in [0.5, 0.6) is 0 Å². The number of carbonyl (C=O) groups excluding carboxylic acids is 3. The Morgan fingerprint density at radius 3 is 1.11 bits per heavy atom. The minimum absolute atomic E-state index is 0.0395. The van der Waals surface area contributed by atoms with Crippen molar-refractivity contribution in [1.29, 1.82) is 0 Å². The molecule has 0 fully saturated rings. The highest BCUT2D eigenvalue weighted by atomic mass is 16.6. The quantitative estimate of drug-likeness (QED) is 0.0259. The molecule has 0 N–H and O–H groups in total. The number of carboxylic acids is 1. The predicted molar refractivity (Wildman–Crippen MR) is 273 cm³/mol. The average molecular weight is 918 g/mol. The zero-order chi connectivity index (χ0) is 47.7. The van der Waals surface area contributed by atoms with E-state index in [0.717, 1.165) is 51.4 Å². The van der Waals surface area contributed by atoms with Crippen molar-refractivity contribution in [3.8, 4) is 0 Å². The lowest BCUT2D eigenvalue weighted by Crippen LogP contribution is -2.55. The van der Waals surface area contributed by atoms with Crippen LogP contribution in [0.1, 0.15) is 271 Å². The van der Waals surface area contributed by atoms with Gasteiger partial charge in [0, 0.05) is 19.3 Å². The zero-order valence-electron chi connectivity index (χ0n) is 43.7. The second kappa shape index (κ2) is 48.3. The van der Waals surface area contributed by atoms with Gasteiger partial charge in [-0.15, -0.1) is 0 Å². The van der Waals surface area contributed by atoms with Crippen LogP contribution in [0.2, 0.25) is 0 Å². The summed E-state index contributed by atoms with van der Waals surface area (Å²) < 4.78 is 17.3. The van der Waals surface area contributed by atoms with E-state index in [4.69, 9.17) is 14.2 Å². The summed E-state index contributed by atoms with van der Waals surface area (Å²) >= 11 is 0. The molecule has 8 nitrogen and oxygen atoms in total. The monoisotopic (exact) mass is 918 g/mol. The zero-order valence-corrected chi connectivity index (χ0v) is 43.7. The van der Waals surface area contributed by atoms with Gasteiger partial charge in [0.05, 0.1) is 40.3 Å². The Balaban J connectivity index is 4.18. The van der Waals surface area contributed by atoms with Gasteiger partial charge in [0.25, 0.3) is 0 Å². The molecule has 0 bridgehead atoms. The van der Waals surface area contributed by atoms with Gasteiger partial charge in [-0.05, 0) is 64.2 Å². The molecule has 0 aliphatic rings. The van der Waals surface area contributed by atoms with E-state index in [9.17, 15) is 19.5 Å². The topological polar surface area (TPSA) is 102 Å². The summed E-state index contributed by atoms with van der Waals surface area (Å²) in [4.78, 5) is 37.1. The summed E-state index contributed by atoms with van der Waals surface area (Å²) in [5.41, 5.74) is 0. The van der Waals surface area contributed by atoms with Gasteiger partial charge in [-0.3, -0.25) is 9.59 Å². The van der Waals surface area contributed by atoms with Crippen molar-refractivity contribution in [2.45, 2.75) is 283 Å². The van der Waals surface area contributed by atoms with Gasteiger partial charge in [-0.25, -0.2) is 0 Å². The van der Waals surface area contributed by atoms with Gasteiger partial charge in [0.1, 0.15) is 12.6 Å². The van der Waals surface area contributed by atoms with Crippen LogP contribution in [0, 0.1) is 0 Å². The number of hydrogen-bond acceptors (Lipinski definition) is 7. The van der Waals surface area contributed by atoms with Crippen molar-refractivity contribution in [3.63, 3.8) is 0 Å². The van der Waals surface area contributed by atoms with Gasteiger partial charge in [-0.1, -0.05) is 212 Å². The summed E-state index contributed by atoms with van der Waals surface area (Å²) in [6, 6.07) is -0.727. The maximum absolute atomic E-state index is 12.8. The van der Waals surface area contributed by atoms with E-state index in [1.165, 1.54) is 186 Å². The Morgan fingerprint density at radius 1 is 0.446 bits per heavy atom. The molecule has 382 valence electrons. The molecule has 0 aromatic carbocycles. The maximum Gasteiger partial charge on any atom is 0.306 e. The van der Waals surface area contributed by atoms with E-state index >= 15 is 0 Å². The molecular formula is C57H107NO7. The van der Waals surface area contributed by atoms with Crippen LogP contribution in [0.15, 0.2) is 24.3 Å².